The van der Waals surface area contributed by atoms with E-state index in [9.17, 15) is 9.13 Å². The molecule has 0 saturated carbocycles. The third kappa shape index (κ3) is 5.17. The van der Waals surface area contributed by atoms with E-state index in [1.807, 2.05) is 60.7 Å². The Kier molecular flexibility index (Phi) is 8.54. The molecular weight excluding hydrogens is 414 g/mol. The molecule has 30 heavy (non-hydrogen) atoms. The van der Waals surface area contributed by atoms with E-state index in [1.54, 1.807) is 0 Å². The molecule has 4 atom stereocenters. The lowest BCUT2D eigenvalue weighted by molar-refractivity contribution is 0.284. The Morgan fingerprint density at radius 3 is 1.37 bits per heavy atom. The molecule has 4 nitrogen and oxygen atoms in total. The first-order chi connectivity index (χ1) is 14.5. The highest BCUT2D eigenvalue weighted by Gasteiger charge is 2.39. The minimum Gasteiger partial charge on any atom is -0.396 e. The Morgan fingerprint density at radius 1 is 0.667 bits per heavy atom. The zero-order chi connectivity index (χ0) is 21.5. The predicted molar refractivity (Wildman–Crippen MR) is 127 cm³/mol. The molecule has 2 aliphatic rings. The number of aliphatic hydroxyl groups excluding tert-OH is 2. The molecule has 6 heteroatoms. The van der Waals surface area contributed by atoms with Crippen molar-refractivity contribution in [2.45, 2.75) is 49.8 Å². The maximum Gasteiger partial charge on any atom is 0.118 e. The van der Waals surface area contributed by atoms with Crippen LogP contribution in [0.2, 0.25) is 0 Å². The van der Waals surface area contributed by atoms with Crippen LogP contribution in [0.3, 0.4) is 0 Å². The second-order valence-corrected chi connectivity index (χ2v) is 14.9. The van der Waals surface area contributed by atoms with Gasteiger partial charge in [-0.15, -0.1) is 0 Å². The molecule has 2 fully saturated rings. The van der Waals surface area contributed by atoms with Crippen LogP contribution in [0, 0.1) is 0 Å². The highest BCUT2D eigenvalue weighted by Crippen LogP contribution is 2.58. The second-order valence-electron chi connectivity index (χ2n) is 8.33. The lowest BCUT2D eigenvalue weighted by Crippen LogP contribution is -2.15. The van der Waals surface area contributed by atoms with Gasteiger partial charge in [-0.25, -0.2) is 0 Å². The van der Waals surface area contributed by atoms with Crippen molar-refractivity contribution in [3.63, 3.8) is 0 Å². The van der Waals surface area contributed by atoms with Crippen molar-refractivity contribution in [1.82, 2.24) is 0 Å². The van der Waals surface area contributed by atoms with Crippen LogP contribution in [0.15, 0.2) is 60.7 Å². The summed E-state index contributed by atoms with van der Waals surface area (Å²) in [5.74, 6) is 0. The lowest BCUT2D eigenvalue weighted by atomic mass is 10.2. The molecule has 2 N–H and O–H groups in total. The first-order valence-corrected chi connectivity index (χ1v) is 15.0. The summed E-state index contributed by atoms with van der Waals surface area (Å²) in [5.41, 5.74) is 0.426. The zero-order valence-electron chi connectivity index (χ0n) is 17.6. The van der Waals surface area contributed by atoms with Crippen LogP contribution in [0.1, 0.15) is 38.5 Å². The van der Waals surface area contributed by atoms with E-state index in [0.29, 0.717) is 12.8 Å². The fourth-order valence-corrected chi connectivity index (χ4v) is 12.0. The van der Waals surface area contributed by atoms with Gasteiger partial charge < -0.3 is 19.3 Å². The Morgan fingerprint density at radius 2 is 1.03 bits per heavy atom. The molecule has 4 rings (SSSR count). The average Bonchev–Trinajstić information content (AvgIpc) is 3.35. The summed E-state index contributed by atoms with van der Waals surface area (Å²) in [5, 5.41) is 20.0. The highest BCUT2D eigenvalue weighted by atomic mass is 31.2. The summed E-state index contributed by atoms with van der Waals surface area (Å²) < 4.78 is 25.6. The maximum atomic E-state index is 12.8. The van der Waals surface area contributed by atoms with Crippen molar-refractivity contribution >= 4 is 24.9 Å². The Bertz CT molecular complexity index is 796. The van der Waals surface area contributed by atoms with Gasteiger partial charge in [0.15, 0.2) is 0 Å². The minimum absolute atomic E-state index is 0.154. The third-order valence-electron chi connectivity index (χ3n) is 6.55. The third-order valence-corrected chi connectivity index (χ3v) is 14.2. The minimum atomic E-state index is -2.21. The molecular formula is C24H34O4P2. The first kappa shape index (κ1) is 23.5. The monoisotopic (exact) mass is 448 g/mol. The molecule has 2 aromatic rings. The summed E-state index contributed by atoms with van der Waals surface area (Å²) in [7, 11) is -4.42. The molecule has 2 heterocycles. The number of aliphatic hydroxyl groups is 2. The van der Waals surface area contributed by atoms with Crippen LogP contribution in [-0.2, 0) is 9.13 Å². The van der Waals surface area contributed by atoms with Gasteiger partial charge in [-0.1, -0.05) is 60.7 Å². The lowest BCUT2D eigenvalue weighted by Gasteiger charge is -2.20. The van der Waals surface area contributed by atoms with E-state index in [0.717, 1.165) is 48.6 Å². The van der Waals surface area contributed by atoms with E-state index in [1.165, 1.54) is 0 Å². The van der Waals surface area contributed by atoms with E-state index < -0.39 is 14.3 Å². The van der Waals surface area contributed by atoms with Gasteiger partial charge in [0.1, 0.15) is 14.3 Å². The van der Waals surface area contributed by atoms with Gasteiger partial charge in [-0.05, 0) is 38.5 Å². The quantitative estimate of drug-likeness (QED) is 0.641. The molecule has 2 saturated heterocycles. The Balaban J connectivity index is 0.000000171. The molecule has 2 aliphatic heterocycles. The van der Waals surface area contributed by atoms with Crippen molar-refractivity contribution in [3.8, 4) is 0 Å². The summed E-state index contributed by atoms with van der Waals surface area (Å²) in [6.45, 7) is 0.309. The van der Waals surface area contributed by atoms with Crippen LogP contribution >= 0.6 is 14.3 Å². The molecule has 0 aromatic heterocycles. The summed E-state index contributed by atoms with van der Waals surface area (Å²) in [6.07, 6.45) is 7.11. The SMILES string of the molecule is O=[P@]1(c2ccccc2)CCCC1CCO.O=[P@]1(c2ccccc2)CCC[C@@H]1CCO. The molecule has 0 spiro atoms. The molecule has 0 radical (unpaired) electrons. The number of hydrogen-bond acceptors (Lipinski definition) is 4. The van der Waals surface area contributed by atoms with Gasteiger partial charge in [-0.3, -0.25) is 0 Å². The smallest absolute Gasteiger partial charge is 0.118 e. The van der Waals surface area contributed by atoms with Gasteiger partial charge in [0.25, 0.3) is 0 Å². The highest BCUT2D eigenvalue weighted by molar-refractivity contribution is 7.72. The fourth-order valence-electron chi connectivity index (χ4n) is 4.95. The largest absolute Gasteiger partial charge is 0.396 e. The number of rotatable bonds is 6. The second kappa shape index (κ2) is 10.9. The van der Waals surface area contributed by atoms with Crippen molar-refractivity contribution in [3.05, 3.63) is 60.7 Å². The maximum absolute atomic E-state index is 12.8. The van der Waals surface area contributed by atoms with Crippen LogP contribution < -0.4 is 10.6 Å². The van der Waals surface area contributed by atoms with Gasteiger partial charge >= 0.3 is 0 Å². The van der Waals surface area contributed by atoms with Crippen molar-refractivity contribution in [1.29, 1.82) is 0 Å². The Labute approximate surface area is 180 Å². The summed E-state index contributed by atoms with van der Waals surface area (Å²) in [4.78, 5) is 0. The normalized spacial score (nSPS) is 30.6. The summed E-state index contributed by atoms with van der Waals surface area (Å²) >= 11 is 0. The van der Waals surface area contributed by atoms with Crippen molar-refractivity contribution < 1.29 is 19.3 Å². The fraction of sp³-hybridized carbons (Fsp3) is 0.500. The standard InChI is InChI=1S/2C12H17O2P/c2*13-9-8-12-7-4-10-15(12,14)11-5-2-1-3-6-11/h2*1-3,5-6,12-13H,4,7-10H2/t12?,15-;12-,15+/m01/s1. The topological polar surface area (TPSA) is 74.6 Å². The first-order valence-electron chi connectivity index (χ1n) is 11.0. The van der Waals surface area contributed by atoms with E-state index in [-0.39, 0.29) is 24.5 Å². The molecule has 0 bridgehead atoms. The number of benzene rings is 2. The van der Waals surface area contributed by atoms with E-state index >= 15 is 0 Å². The van der Waals surface area contributed by atoms with Crippen molar-refractivity contribution in [2.75, 3.05) is 25.5 Å². The predicted octanol–water partition coefficient (Wildman–Crippen LogP) is 4.44. The van der Waals surface area contributed by atoms with Gasteiger partial charge in [0.05, 0.1) is 0 Å². The average molecular weight is 448 g/mol. The van der Waals surface area contributed by atoms with Gasteiger partial charge in [0, 0.05) is 47.5 Å². The van der Waals surface area contributed by atoms with Crippen LogP contribution in [0.25, 0.3) is 0 Å². The summed E-state index contributed by atoms with van der Waals surface area (Å²) in [6, 6.07) is 19.6. The van der Waals surface area contributed by atoms with E-state index in [4.69, 9.17) is 10.2 Å². The zero-order valence-corrected chi connectivity index (χ0v) is 19.4. The van der Waals surface area contributed by atoms with Crippen LogP contribution in [-0.4, -0.2) is 47.1 Å². The number of hydrogen-bond donors (Lipinski definition) is 2. The van der Waals surface area contributed by atoms with Gasteiger partial charge in [0.2, 0.25) is 0 Å². The van der Waals surface area contributed by atoms with Crippen LogP contribution in [0.5, 0.6) is 0 Å². The molecule has 164 valence electrons. The molecule has 1 unspecified atom stereocenters. The molecule has 0 aliphatic carbocycles. The van der Waals surface area contributed by atoms with Crippen molar-refractivity contribution in [2.24, 2.45) is 0 Å². The van der Waals surface area contributed by atoms with Crippen LogP contribution in [0.4, 0.5) is 0 Å². The molecule has 0 amide bonds. The molecule has 2 aromatic carbocycles. The van der Waals surface area contributed by atoms with E-state index in [2.05, 4.69) is 0 Å². The Hall–Kier alpha value is -1.18. The van der Waals surface area contributed by atoms with Gasteiger partial charge in [-0.2, -0.15) is 0 Å².